The molecular weight excluding hydrogens is 304 g/mol. The smallest absolute Gasteiger partial charge is 0.172 e. The number of hydrogen-bond acceptors (Lipinski definition) is 4. The summed E-state index contributed by atoms with van der Waals surface area (Å²) in [6.07, 6.45) is 6.02. The Bertz CT molecular complexity index is 872. The molecule has 0 amide bonds. The van der Waals surface area contributed by atoms with Crippen LogP contribution in [-0.2, 0) is 0 Å². The molecule has 0 saturated heterocycles. The van der Waals surface area contributed by atoms with Gasteiger partial charge in [-0.25, -0.2) is 0 Å². The quantitative estimate of drug-likeness (QED) is 0.563. The lowest BCUT2D eigenvalue weighted by Gasteiger charge is -2.25. The van der Waals surface area contributed by atoms with E-state index in [0.29, 0.717) is 17.8 Å². The van der Waals surface area contributed by atoms with Crippen LogP contribution in [0.5, 0.6) is 11.5 Å². The molecule has 2 atom stereocenters. The third-order valence-corrected chi connectivity index (χ3v) is 5.76. The molecule has 126 valence electrons. The maximum Gasteiger partial charge on any atom is 0.172 e. The summed E-state index contributed by atoms with van der Waals surface area (Å²) < 4.78 is 6.09. The maximum absolute atomic E-state index is 11.4. The van der Waals surface area contributed by atoms with Crippen molar-refractivity contribution in [3.63, 3.8) is 0 Å². The van der Waals surface area contributed by atoms with Gasteiger partial charge in [-0.1, -0.05) is 19.4 Å². The zero-order valence-corrected chi connectivity index (χ0v) is 14.1. The van der Waals surface area contributed by atoms with Crippen LogP contribution in [0.1, 0.15) is 73.6 Å². The zero-order chi connectivity index (χ0) is 17.0. The van der Waals surface area contributed by atoms with E-state index in [9.17, 15) is 15.0 Å². The predicted octanol–water partition coefficient (Wildman–Crippen LogP) is 5.13. The molecule has 2 N–H and O–H groups in total. The van der Waals surface area contributed by atoms with E-state index >= 15 is 0 Å². The average molecular weight is 326 g/mol. The van der Waals surface area contributed by atoms with Crippen molar-refractivity contribution in [2.45, 2.75) is 51.9 Å². The van der Waals surface area contributed by atoms with Gasteiger partial charge in [-0.2, -0.15) is 0 Å². The second kappa shape index (κ2) is 5.40. The van der Waals surface area contributed by atoms with Crippen LogP contribution >= 0.6 is 0 Å². The summed E-state index contributed by atoms with van der Waals surface area (Å²) in [5.74, 6) is 1.02. The first kappa shape index (κ1) is 15.3. The van der Waals surface area contributed by atoms with Crippen LogP contribution in [0.3, 0.4) is 0 Å². The van der Waals surface area contributed by atoms with Gasteiger partial charge in [0.1, 0.15) is 16.9 Å². The van der Waals surface area contributed by atoms with Crippen molar-refractivity contribution in [3.8, 4) is 11.5 Å². The lowest BCUT2D eigenvalue weighted by molar-refractivity contribution is 0.112. The first-order chi connectivity index (χ1) is 11.5. The number of aromatic hydroxyl groups is 2. The van der Waals surface area contributed by atoms with Crippen LogP contribution in [0.2, 0.25) is 0 Å². The number of fused-ring (bicyclic) bond motifs is 4. The third kappa shape index (κ3) is 2.02. The van der Waals surface area contributed by atoms with Gasteiger partial charge in [0.15, 0.2) is 17.8 Å². The number of allylic oxidation sites excluding steroid dienone is 2. The summed E-state index contributed by atoms with van der Waals surface area (Å²) in [5, 5.41) is 20.8. The normalized spacial score (nSPS) is 23.8. The van der Waals surface area contributed by atoms with Crippen LogP contribution < -0.4 is 0 Å². The van der Waals surface area contributed by atoms with Crippen molar-refractivity contribution in [1.82, 2.24) is 0 Å². The standard InChI is InChI=1S/C20H22O4/c1-10-4-3-5-13-12(10)7-6-11(2)19-17(13)14-8-16(22)18(23)15(9-21)20(14)24-19/h8-11,22-23H,3-7H2,1-2H3. The van der Waals surface area contributed by atoms with Gasteiger partial charge < -0.3 is 14.6 Å². The van der Waals surface area contributed by atoms with Gasteiger partial charge in [-0.15, -0.1) is 0 Å². The molecule has 2 aliphatic carbocycles. The van der Waals surface area contributed by atoms with Crippen LogP contribution in [0.4, 0.5) is 0 Å². The molecule has 0 aliphatic heterocycles. The summed E-state index contributed by atoms with van der Waals surface area (Å²) in [6.45, 7) is 4.43. The Morgan fingerprint density at radius 2 is 1.96 bits per heavy atom. The van der Waals surface area contributed by atoms with E-state index < -0.39 is 5.75 Å². The first-order valence-corrected chi connectivity index (χ1v) is 8.71. The van der Waals surface area contributed by atoms with E-state index in [1.54, 1.807) is 6.07 Å². The van der Waals surface area contributed by atoms with Gasteiger partial charge in [0, 0.05) is 16.9 Å². The predicted molar refractivity (Wildman–Crippen MR) is 92.5 cm³/mol. The van der Waals surface area contributed by atoms with Gasteiger partial charge >= 0.3 is 0 Å². The van der Waals surface area contributed by atoms with E-state index in [1.165, 1.54) is 17.6 Å². The van der Waals surface area contributed by atoms with Gasteiger partial charge in [-0.05, 0) is 49.7 Å². The van der Waals surface area contributed by atoms with Gasteiger partial charge in [0.2, 0.25) is 0 Å². The molecule has 4 rings (SSSR count). The van der Waals surface area contributed by atoms with Gasteiger partial charge in [0.05, 0.1) is 0 Å². The van der Waals surface area contributed by atoms with Crippen molar-refractivity contribution in [1.29, 1.82) is 0 Å². The SMILES string of the molecule is CC1CCCC2=C1CCC(C)c1oc3c(C=O)c(O)c(O)cc3c12. The molecule has 0 fully saturated rings. The molecule has 0 spiro atoms. The largest absolute Gasteiger partial charge is 0.504 e. The number of carbonyl (C=O) groups excluding carboxylic acids is 1. The number of aldehydes is 1. The minimum atomic E-state index is -0.403. The van der Waals surface area contributed by atoms with E-state index in [4.69, 9.17) is 4.42 Å². The number of hydrogen-bond donors (Lipinski definition) is 2. The summed E-state index contributed by atoms with van der Waals surface area (Å²) in [6, 6.07) is 1.54. The van der Waals surface area contributed by atoms with E-state index in [-0.39, 0.29) is 17.2 Å². The topological polar surface area (TPSA) is 70.7 Å². The molecule has 0 saturated carbocycles. The number of phenolic OH excluding ortho intramolecular Hbond substituents is 2. The Morgan fingerprint density at radius 3 is 2.71 bits per heavy atom. The Balaban J connectivity index is 2.11. The second-order valence-corrected chi connectivity index (χ2v) is 7.23. The highest BCUT2D eigenvalue weighted by Gasteiger charge is 2.32. The average Bonchev–Trinajstić information content (AvgIpc) is 2.86. The lowest BCUT2D eigenvalue weighted by Crippen LogP contribution is -2.08. The van der Waals surface area contributed by atoms with Crippen molar-refractivity contribution in [2.24, 2.45) is 5.92 Å². The fourth-order valence-electron chi connectivity index (χ4n) is 4.42. The highest BCUT2D eigenvalue weighted by Crippen LogP contribution is 2.50. The van der Waals surface area contributed by atoms with E-state index in [1.807, 2.05) is 0 Å². The number of phenols is 2. The number of benzene rings is 1. The molecule has 2 aromatic rings. The minimum absolute atomic E-state index is 0.0382. The summed E-state index contributed by atoms with van der Waals surface area (Å²) in [4.78, 5) is 11.4. The Labute approximate surface area is 140 Å². The Morgan fingerprint density at radius 1 is 1.17 bits per heavy atom. The molecule has 2 aliphatic rings. The van der Waals surface area contributed by atoms with Crippen molar-refractivity contribution < 1.29 is 19.4 Å². The highest BCUT2D eigenvalue weighted by atomic mass is 16.3. The highest BCUT2D eigenvalue weighted by molar-refractivity contribution is 6.04. The van der Waals surface area contributed by atoms with E-state index in [2.05, 4.69) is 13.8 Å². The second-order valence-electron chi connectivity index (χ2n) is 7.23. The molecule has 0 radical (unpaired) electrons. The van der Waals surface area contributed by atoms with Crippen LogP contribution in [0.25, 0.3) is 16.5 Å². The molecule has 4 heteroatoms. The summed E-state index contributed by atoms with van der Waals surface area (Å²) in [7, 11) is 0. The van der Waals surface area contributed by atoms with E-state index in [0.717, 1.165) is 42.4 Å². The van der Waals surface area contributed by atoms with Crippen molar-refractivity contribution in [2.75, 3.05) is 0 Å². The van der Waals surface area contributed by atoms with Crippen LogP contribution in [-0.4, -0.2) is 16.5 Å². The number of rotatable bonds is 1. The maximum atomic E-state index is 11.4. The molecule has 24 heavy (non-hydrogen) atoms. The Hall–Kier alpha value is -2.23. The van der Waals surface area contributed by atoms with Crippen LogP contribution in [0, 0.1) is 5.92 Å². The summed E-state index contributed by atoms with van der Waals surface area (Å²) >= 11 is 0. The molecule has 0 bridgehead atoms. The lowest BCUT2D eigenvalue weighted by atomic mass is 9.80. The fraction of sp³-hybridized carbons (Fsp3) is 0.450. The zero-order valence-electron chi connectivity index (χ0n) is 14.1. The summed E-state index contributed by atoms with van der Waals surface area (Å²) in [5.41, 5.74) is 4.30. The Kier molecular flexibility index (Phi) is 3.44. The van der Waals surface area contributed by atoms with Gasteiger partial charge in [-0.3, -0.25) is 4.79 Å². The number of furan rings is 1. The van der Waals surface area contributed by atoms with Crippen LogP contribution in [0.15, 0.2) is 16.1 Å². The molecule has 4 nitrogen and oxygen atoms in total. The molecule has 1 aromatic carbocycles. The molecule has 1 aromatic heterocycles. The molecular formula is C20H22O4. The molecule has 1 heterocycles. The monoisotopic (exact) mass is 326 g/mol. The van der Waals surface area contributed by atoms with Crippen molar-refractivity contribution in [3.05, 3.63) is 28.5 Å². The first-order valence-electron chi connectivity index (χ1n) is 8.71. The molecule has 2 unspecified atom stereocenters. The third-order valence-electron chi connectivity index (χ3n) is 5.76. The number of carbonyl (C=O) groups is 1. The van der Waals surface area contributed by atoms with Gasteiger partial charge in [0.25, 0.3) is 0 Å². The minimum Gasteiger partial charge on any atom is -0.504 e. The van der Waals surface area contributed by atoms with Crippen molar-refractivity contribution >= 4 is 22.8 Å². The fourth-order valence-corrected chi connectivity index (χ4v) is 4.42.